The summed E-state index contributed by atoms with van der Waals surface area (Å²) in [6, 6.07) is 12.9. The molecule has 380 valence electrons. The van der Waals surface area contributed by atoms with Gasteiger partial charge >= 0.3 is 11.9 Å². The van der Waals surface area contributed by atoms with Crippen LogP contribution in [0.1, 0.15) is 195 Å². The fraction of sp³-hybridized carbons (Fsp3) is 0.596. The Labute approximate surface area is 415 Å². The van der Waals surface area contributed by atoms with Crippen molar-refractivity contribution in [2.45, 2.75) is 204 Å². The smallest absolute Gasteiger partial charge is 0.308 e. The second-order valence-corrected chi connectivity index (χ2v) is 25.3. The van der Waals surface area contributed by atoms with Crippen LogP contribution in [-0.2, 0) is 61.7 Å². The maximum atomic E-state index is 12.5. The Kier molecular flexibility index (Phi) is 16.5. The van der Waals surface area contributed by atoms with Crippen molar-refractivity contribution >= 4 is 29.8 Å². The molecular formula is C57H86N6O6. The minimum absolute atomic E-state index is 0.288. The van der Waals surface area contributed by atoms with E-state index in [9.17, 15) is 14.7 Å². The van der Waals surface area contributed by atoms with Crippen molar-refractivity contribution in [3.8, 4) is 17.2 Å². The van der Waals surface area contributed by atoms with Gasteiger partial charge in [0.2, 0.25) is 17.8 Å². The highest BCUT2D eigenvalue weighted by Gasteiger charge is 2.33. The minimum atomic E-state index is -0.976. The largest absolute Gasteiger partial charge is 0.465 e. The highest BCUT2D eigenvalue weighted by molar-refractivity contribution is 5.72. The first-order valence-corrected chi connectivity index (χ1v) is 24.3. The molecule has 3 aromatic carbocycles. The van der Waals surface area contributed by atoms with Crippen molar-refractivity contribution in [3.63, 3.8) is 0 Å². The number of carbonyl (C=O) groups excluding carboxylic acids is 2. The molecule has 0 bridgehead atoms. The maximum absolute atomic E-state index is 12.5. The Morgan fingerprint density at radius 2 is 0.652 bits per heavy atom. The molecule has 0 spiro atoms. The Bertz CT molecular complexity index is 2280. The number of esters is 2. The molecule has 0 saturated heterocycles. The number of rotatable bonds is 13. The monoisotopic (exact) mass is 951 g/mol. The van der Waals surface area contributed by atoms with Crippen molar-refractivity contribution in [2.24, 2.45) is 0 Å². The zero-order valence-corrected chi connectivity index (χ0v) is 46.8. The third-order valence-corrected chi connectivity index (χ3v) is 12.0. The number of aliphatic hydroxyl groups is 1. The van der Waals surface area contributed by atoms with Gasteiger partial charge < -0.3 is 34.0 Å². The molecule has 4 aromatic rings. The molecule has 1 heterocycles. The van der Waals surface area contributed by atoms with Gasteiger partial charge in [0.15, 0.2) is 6.29 Å². The number of aromatic nitrogens is 3. The number of hydrogen-bond acceptors (Lipinski definition) is 12. The number of ether oxygens (including phenoxy) is 3. The van der Waals surface area contributed by atoms with E-state index in [1.54, 1.807) is 6.92 Å². The van der Waals surface area contributed by atoms with Gasteiger partial charge in [0.1, 0.15) is 17.2 Å². The first-order chi connectivity index (χ1) is 31.2. The molecule has 1 aromatic heterocycles. The van der Waals surface area contributed by atoms with Crippen LogP contribution >= 0.6 is 0 Å². The highest BCUT2D eigenvalue weighted by atomic mass is 16.6. The van der Waals surface area contributed by atoms with E-state index in [-0.39, 0.29) is 44.4 Å². The lowest BCUT2D eigenvalue weighted by Gasteiger charge is -2.32. The highest BCUT2D eigenvalue weighted by Crippen LogP contribution is 2.44. The molecule has 1 atom stereocenters. The maximum Gasteiger partial charge on any atom is 0.308 e. The summed E-state index contributed by atoms with van der Waals surface area (Å²) in [4.78, 5) is 46.6. The van der Waals surface area contributed by atoms with Crippen LogP contribution in [-0.4, -0.2) is 59.4 Å². The molecule has 0 aliphatic rings. The number of hydrogen-bond donors (Lipinski definition) is 1. The van der Waals surface area contributed by atoms with Crippen LogP contribution in [0.4, 0.5) is 17.8 Å². The molecule has 0 aliphatic heterocycles. The summed E-state index contributed by atoms with van der Waals surface area (Å²) >= 11 is 0. The van der Waals surface area contributed by atoms with E-state index in [1.165, 1.54) is 13.8 Å². The van der Waals surface area contributed by atoms with Gasteiger partial charge in [-0.2, -0.15) is 15.0 Å². The van der Waals surface area contributed by atoms with Gasteiger partial charge in [0.25, 0.3) is 0 Å². The zero-order valence-electron chi connectivity index (χ0n) is 46.8. The summed E-state index contributed by atoms with van der Waals surface area (Å²) in [6.07, 6.45) is -0.976. The van der Waals surface area contributed by atoms with E-state index >= 15 is 0 Å². The third kappa shape index (κ3) is 14.4. The summed E-state index contributed by atoms with van der Waals surface area (Å²) in [5, 5.41) is 10.5. The Morgan fingerprint density at radius 1 is 0.449 bits per heavy atom. The lowest BCUT2D eigenvalue weighted by molar-refractivity contribution is -0.133. The minimum Gasteiger partial charge on any atom is -0.465 e. The van der Waals surface area contributed by atoms with Crippen molar-refractivity contribution in [1.82, 2.24) is 15.0 Å². The van der Waals surface area contributed by atoms with E-state index in [1.807, 2.05) is 35.8 Å². The second kappa shape index (κ2) is 20.2. The predicted molar refractivity (Wildman–Crippen MR) is 283 cm³/mol. The summed E-state index contributed by atoms with van der Waals surface area (Å²) in [5.41, 5.74) is 7.01. The average Bonchev–Trinajstić information content (AvgIpc) is 3.15. The van der Waals surface area contributed by atoms with E-state index in [2.05, 4.69) is 161 Å². The van der Waals surface area contributed by atoms with Gasteiger partial charge in [-0.25, -0.2) is 0 Å². The molecule has 1 N–H and O–H groups in total. The first kappa shape index (κ1) is 56.4. The molecule has 0 radical (unpaired) electrons. The average molecular weight is 951 g/mol. The topological polar surface area (TPSA) is 130 Å². The first-order valence-electron chi connectivity index (χ1n) is 24.3. The zero-order chi connectivity index (χ0) is 52.7. The Hall–Kier alpha value is -5.23. The van der Waals surface area contributed by atoms with Gasteiger partial charge in [-0.1, -0.05) is 125 Å². The van der Waals surface area contributed by atoms with Crippen LogP contribution in [0.15, 0.2) is 36.4 Å². The fourth-order valence-corrected chi connectivity index (χ4v) is 8.38. The van der Waals surface area contributed by atoms with Crippen molar-refractivity contribution < 1.29 is 28.9 Å². The van der Waals surface area contributed by atoms with E-state index in [4.69, 9.17) is 29.2 Å². The third-order valence-electron chi connectivity index (χ3n) is 12.0. The summed E-state index contributed by atoms with van der Waals surface area (Å²) in [6.45, 7) is 44.5. The molecule has 69 heavy (non-hydrogen) atoms. The van der Waals surface area contributed by atoms with Crippen LogP contribution in [0, 0.1) is 0 Å². The standard InChI is InChI=1S/C57H86N6O6/c1-34(64)67-46-40(52(4,5)6)25-37(26-41(46)53(7,8)9)31-61(22)49-58-50(62(23)32-38-27-42(54(10,11)12)47(68-35(2)65)43(28-38)55(13,14)15)60-51(59-49)63(24)33-39-29-44(56(16,17)18)48(69-36(3)66)45(30-39)57(19,20)21/h25-30,34,64H,31-33H2,1-24H3. The van der Waals surface area contributed by atoms with Gasteiger partial charge in [0, 0.05) is 88.0 Å². The van der Waals surface area contributed by atoms with Gasteiger partial charge in [-0.3, -0.25) is 9.59 Å². The number of aliphatic hydroxyl groups excluding tert-OH is 1. The van der Waals surface area contributed by atoms with Crippen LogP contribution < -0.4 is 28.9 Å². The molecule has 1 unspecified atom stereocenters. The lowest BCUT2D eigenvalue weighted by atomic mass is 9.78. The molecule has 12 nitrogen and oxygen atoms in total. The molecule has 12 heteroatoms. The number of anilines is 3. The van der Waals surface area contributed by atoms with E-state index in [0.29, 0.717) is 54.7 Å². The van der Waals surface area contributed by atoms with Crippen LogP contribution in [0.2, 0.25) is 0 Å². The SMILES string of the molecule is CC(=O)Oc1c(C(C)(C)C)cc(CN(C)c2nc(N(C)Cc3cc(C(C)(C)C)c(OC(C)=O)c(C(C)(C)C)c3)nc(N(C)Cc3cc(C(C)(C)C)c(OC(C)O)c(C(C)(C)C)c3)n2)cc1C(C)(C)C. The van der Waals surface area contributed by atoms with Crippen LogP contribution in [0.3, 0.4) is 0 Å². The molecule has 0 fully saturated rings. The molecule has 4 rings (SSSR count). The number of carbonyl (C=O) groups is 2. The van der Waals surface area contributed by atoms with Gasteiger partial charge in [-0.15, -0.1) is 0 Å². The van der Waals surface area contributed by atoms with Crippen molar-refractivity contribution in [1.29, 1.82) is 0 Å². The number of benzene rings is 3. The molecule has 0 saturated carbocycles. The van der Waals surface area contributed by atoms with Gasteiger partial charge in [0.05, 0.1) is 0 Å². The van der Waals surface area contributed by atoms with Crippen LogP contribution in [0.5, 0.6) is 17.2 Å². The molecule has 0 amide bonds. The lowest BCUT2D eigenvalue weighted by Crippen LogP contribution is -2.28. The molecular weight excluding hydrogens is 865 g/mol. The van der Waals surface area contributed by atoms with Crippen LogP contribution in [0.25, 0.3) is 0 Å². The normalized spacial score (nSPS) is 13.2. The fourth-order valence-electron chi connectivity index (χ4n) is 8.38. The van der Waals surface area contributed by atoms with Crippen molar-refractivity contribution in [2.75, 3.05) is 35.8 Å². The van der Waals surface area contributed by atoms with E-state index < -0.39 is 6.29 Å². The summed E-state index contributed by atoms with van der Waals surface area (Å²) < 4.78 is 18.1. The number of nitrogens with zero attached hydrogens (tertiary/aromatic N) is 6. The summed E-state index contributed by atoms with van der Waals surface area (Å²) in [7, 11) is 5.97. The molecule has 0 aliphatic carbocycles. The summed E-state index contributed by atoms with van der Waals surface area (Å²) in [5.74, 6) is 2.67. The van der Waals surface area contributed by atoms with Gasteiger partial charge in [-0.05, 0) is 92.5 Å². The predicted octanol–water partition coefficient (Wildman–Crippen LogP) is 12.1. The Morgan fingerprint density at radius 3 is 0.826 bits per heavy atom. The quantitative estimate of drug-likeness (QED) is 0.0778. The second-order valence-electron chi connectivity index (χ2n) is 25.3. The van der Waals surface area contributed by atoms with E-state index in [0.717, 1.165) is 50.1 Å². The van der Waals surface area contributed by atoms with Crippen molar-refractivity contribution in [3.05, 3.63) is 86.5 Å². The Balaban J connectivity index is 1.96.